The smallest absolute Gasteiger partial charge is 0.292 e. The lowest BCUT2D eigenvalue weighted by molar-refractivity contribution is 0.0844. The van der Waals surface area contributed by atoms with Gasteiger partial charge in [0.2, 0.25) is 0 Å². The molecular formula is C23H23N7O2. The van der Waals surface area contributed by atoms with Crippen LogP contribution in [0.4, 0.5) is 0 Å². The predicted octanol–water partition coefficient (Wildman–Crippen LogP) is 2.12. The van der Waals surface area contributed by atoms with Crippen LogP contribution >= 0.6 is 0 Å². The van der Waals surface area contributed by atoms with Crippen LogP contribution in [0.3, 0.4) is 0 Å². The van der Waals surface area contributed by atoms with Gasteiger partial charge in [-0.1, -0.05) is 35.5 Å². The Hall–Kier alpha value is -3.98. The number of carbonyl (C=O) groups excluding carboxylic acids is 2. The molecule has 9 heteroatoms. The van der Waals surface area contributed by atoms with Gasteiger partial charge >= 0.3 is 0 Å². The van der Waals surface area contributed by atoms with E-state index in [-0.39, 0.29) is 5.69 Å². The van der Waals surface area contributed by atoms with E-state index >= 15 is 0 Å². The molecule has 0 aliphatic carbocycles. The van der Waals surface area contributed by atoms with Crippen molar-refractivity contribution in [2.45, 2.75) is 19.9 Å². The van der Waals surface area contributed by atoms with Crippen molar-refractivity contribution in [3.05, 3.63) is 76.7 Å². The number of hydrogen-bond donors (Lipinski definition) is 3. The quantitative estimate of drug-likeness (QED) is 0.433. The number of H-pyrrole nitrogens is 1. The largest absolute Gasteiger partial charge is 0.360 e. The summed E-state index contributed by atoms with van der Waals surface area (Å²) in [4.78, 5) is 30.6. The molecule has 2 amide bonds. The van der Waals surface area contributed by atoms with Crippen LogP contribution in [0.25, 0.3) is 16.6 Å². The summed E-state index contributed by atoms with van der Waals surface area (Å²) in [5.74, 6) is -0.937. The zero-order valence-corrected chi connectivity index (χ0v) is 17.8. The van der Waals surface area contributed by atoms with E-state index in [0.717, 1.165) is 36.1 Å². The molecule has 0 radical (unpaired) electrons. The second-order valence-electron chi connectivity index (χ2n) is 7.99. The van der Waals surface area contributed by atoms with Crippen molar-refractivity contribution in [3.8, 4) is 5.69 Å². The van der Waals surface area contributed by atoms with E-state index in [1.165, 1.54) is 11.1 Å². The van der Waals surface area contributed by atoms with Crippen molar-refractivity contribution >= 4 is 22.7 Å². The second kappa shape index (κ2) is 7.93. The summed E-state index contributed by atoms with van der Waals surface area (Å²) in [6.07, 6.45) is 2.52. The van der Waals surface area contributed by atoms with Gasteiger partial charge in [-0.2, -0.15) is 0 Å². The van der Waals surface area contributed by atoms with Crippen molar-refractivity contribution in [1.29, 1.82) is 0 Å². The average Bonchev–Trinajstić information content (AvgIpc) is 3.40. The Morgan fingerprint density at radius 1 is 1.06 bits per heavy atom. The molecule has 0 saturated carbocycles. The lowest BCUT2D eigenvalue weighted by atomic mass is 9.98. The number of benzene rings is 2. The van der Waals surface area contributed by atoms with Gasteiger partial charge in [0.05, 0.1) is 16.9 Å². The first-order valence-corrected chi connectivity index (χ1v) is 10.4. The molecule has 0 bridgehead atoms. The molecule has 0 spiro atoms. The Labute approximate surface area is 184 Å². The second-order valence-corrected chi connectivity index (χ2v) is 7.99. The van der Waals surface area contributed by atoms with Crippen molar-refractivity contribution in [3.63, 3.8) is 0 Å². The van der Waals surface area contributed by atoms with Crippen LogP contribution in [0.5, 0.6) is 0 Å². The van der Waals surface area contributed by atoms with E-state index in [4.69, 9.17) is 0 Å². The normalized spacial score (nSPS) is 13.7. The molecular weight excluding hydrogens is 406 g/mol. The minimum absolute atomic E-state index is 0.162. The number of amides is 2. The number of hydrazine groups is 1. The molecule has 3 heterocycles. The number of aromatic amines is 1. The molecule has 0 atom stereocenters. The van der Waals surface area contributed by atoms with Crippen LogP contribution in [0.2, 0.25) is 0 Å². The maximum absolute atomic E-state index is 12.7. The van der Waals surface area contributed by atoms with Gasteiger partial charge in [-0.3, -0.25) is 20.4 Å². The number of likely N-dealkylation sites (N-methyl/N-ethyl adjacent to an activating group) is 1. The zero-order chi connectivity index (χ0) is 22.2. The van der Waals surface area contributed by atoms with E-state index in [2.05, 4.69) is 44.2 Å². The number of hydrogen-bond acceptors (Lipinski definition) is 5. The molecule has 9 nitrogen and oxygen atoms in total. The summed E-state index contributed by atoms with van der Waals surface area (Å²) in [6.45, 7) is 3.64. The zero-order valence-electron chi connectivity index (χ0n) is 17.8. The van der Waals surface area contributed by atoms with Crippen LogP contribution in [0.1, 0.15) is 37.7 Å². The first kappa shape index (κ1) is 20.0. The number of nitrogens with one attached hydrogen (secondary N) is 3. The number of aromatic nitrogens is 4. The van der Waals surface area contributed by atoms with Crippen LogP contribution in [-0.2, 0) is 13.0 Å². The summed E-state index contributed by atoms with van der Waals surface area (Å²) >= 11 is 0. The molecule has 5 rings (SSSR count). The number of rotatable bonds is 3. The highest BCUT2D eigenvalue weighted by molar-refractivity contribution is 6.07. The number of para-hydroxylation sites is 1. The fourth-order valence-corrected chi connectivity index (χ4v) is 4.20. The van der Waals surface area contributed by atoms with E-state index in [1.54, 1.807) is 17.8 Å². The van der Waals surface area contributed by atoms with Crippen molar-refractivity contribution in [2.24, 2.45) is 0 Å². The van der Waals surface area contributed by atoms with Crippen molar-refractivity contribution in [2.75, 3.05) is 13.6 Å². The van der Waals surface area contributed by atoms with Crippen LogP contribution in [-0.4, -0.2) is 50.3 Å². The first-order chi connectivity index (χ1) is 15.5. The molecule has 0 unspecified atom stereocenters. The topological polar surface area (TPSA) is 108 Å². The SMILES string of the molecule is Cc1c(C(=O)NNC(=O)c2c[nH]c3ccccc23)nnn1-c1cccc2c1CCN(C)C2. The molecule has 162 valence electrons. The third-order valence-corrected chi connectivity index (χ3v) is 5.89. The van der Waals surface area contributed by atoms with E-state index in [1.807, 2.05) is 36.4 Å². The van der Waals surface area contributed by atoms with Gasteiger partial charge in [0.1, 0.15) is 0 Å². The van der Waals surface area contributed by atoms with E-state index < -0.39 is 11.8 Å². The Morgan fingerprint density at radius 2 is 1.88 bits per heavy atom. The van der Waals surface area contributed by atoms with Gasteiger partial charge in [0.15, 0.2) is 5.69 Å². The van der Waals surface area contributed by atoms with Crippen LogP contribution in [0, 0.1) is 6.92 Å². The Balaban J connectivity index is 1.34. The summed E-state index contributed by atoms with van der Waals surface area (Å²) in [5, 5.41) is 9.08. The average molecular weight is 429 g/mol. The lowest BCUT2D eigenvalue weighted by Crippen LogP contribution is -2.42. The maximum Gasteiger partial charge on any atom is 0.292 e. The number of fused-ring (bicyclic) bond motifs is 2. The van der Waals surface area contributed by atoms with Crippen molar-refractivity contribution in [1.82, 2.24) is 35.7 Å². The molecule has 2 aromatic heterocycles. The van der Waals surface area contributed by atoms with Gasteiger partial charge in [-0.25, -0.2) is 4.68 Å². The van der Waals surface area contributed by atoms with E-state index in [0.29, 0.717) is 11.3 Å². The van der Waals surface area contributed by atoms with Gasteiger partial charge in [-0.15, -0.1) is 5.10 Å². The predicted molar refractivity (Wildman–Crippen MR) is 119 cm³/mol. The van der Waals surface area contributed by atoms with Gasteiger partial charge in [-0.05, 0) is 43.7 Å². The summed E-state index contributed by atoms with van der Waals surface area (Å²) < 4.78 is 1.69. The lowest BCUT2D eigenvalue weighted by Gasteiger charge is -2.26. The highest BCUT2D eigenvalue weighted by atomic mass is 16.2. The molecule has 2 aromatic carbocycles. The van der Waals surface area contributed by atoms with Crippen LogP contribution in [0.15, 0.2) is 48.7 Å². The number of carbonyl (C=O) groups is 2. The fourth-order valence-electron chi connectivity index (χ4n) is 4.20. The monoisotopic (exact) mass is 429 g/mol. The van der Waals surface area contributed by atoms with Gasteiger partial charge in [0, 0.05) is 30.2 Å². The molecule has 4 aromatic rings. The fraction of sp³-hybridized carbons (Fsp3) is 0.217. The number of nitrogens with zero attached hydrogens (tertiary/aromatic N) is 4. The highest BCUT2D eigenvalue weighted by Crippen LogP contribution is 2.25. The highest BCUT2D eigenvalue weighted by Gasteiger charge is 2.22. The van der Waals surface area contributed by atoms with E-state index in [9.17, 15) is 9.59 Å². The third kappa shape index (κ3) is 3.42. The summed E-state index contributed by atoms with van der Waals surface area (Å²) in [5.41, 5.74) is 10.4. The standard InChI is InChI=1S/C23H23N7O2/c1-14-21(23(32)27-26-22(31)18-12-24-19-8-4-3-7-17(18)19)25-28-30(14)20-9-5-6-15-13-29(2)11-10-16(15)20/h3-9,12,24H,10-11,13H2,1-2H3,(H,26,31)(H,27,32). The van der Waals surface area contributed by atoms with Crippen molar-refractivity contribution < 1.29 is 9.59 Å². The van der Waals surface area contributed by atoms with Gasteiger partial charge < -0.3 is 9.88 Å². The minimum atomic E-state index is -0.522. The molecule has 32 heavy (non-hydrogen) atoms. The summed E-state index contributed by atoms with van der Waals surface area (Å²) in [6, 6.07) is 13.6. The Bertz CT molecular complexity index is 1340. The Kier molecular flexibility index (Phi) is 4.95. The summed E-state index contributed by atoms with van der Waals surface area (Å²) in [7, 11) is 2.10. The minimum Gasteiger partial charge on any atom is -0.360 e. The molecule has 0 saturated heterocycles. The van der Waals surface area contributed by atoms with Gasteiger partial charge in [0.25, 0.3) is 11.8 Å². The maximum atomic E-state index is 12.7. The Morgan fingerprint density at radius 3 is 2.75 bits per heavy atom. The molecule has 1 aliphatic heterocycles. The van der Waals surface area contributed by atoms with Crippen LogP contribution < -0.4 is 10.9 Å². The molecule has 0 fully saturated rings. The third-order valence-electron chi connectivity index (χ3n) is 5.89. The molecule has 1 aliphatic rings. The first-order valence-electron chi connectivity index (χ1n) is 10.4. The molecule has 3 N–H and O–H groups in total.